The van der Waals surface area contributed by atoms with E-state index in [1.54, 1.807) is 0 Å². The molecular formula is C10H9BrClN. The molecule has 1 aromatic heterocycles. The van der Waals surface area contributed by atoms with Crippen molar-refractivity contribution >= 4 is 38.4 Å². The zero-order valence-corrected chi connectivity index (χ0v) is 9.78. The number of hydrogen-bond acceptors (Lipinski definition) is 0. The van der Waals surface area contributed by atoms with E-state index in [1.807, 2.05) is 26.1 Å². The molecule has 3 heteroatoms. The molecular weight excluding hydrogens is 249 g/mol. The Bertz CT molecular complexity index is 473. The molecule has 0 aliphatic carbocycles. The molecule has 0 saturated carbocycles. The van der Waals surface area contributed by atoms with E-state index in [-0.39, 0.29) is 0 Å². The van der Waals surface area contributed by atoms with Gasteiger partial charge in [0.2, 0.25) is 0 Å². The molecule has 0 atom stereocenters. The number of aromatic nitrogens is 1. The highest BCUT2D eigenvalue weighted by atomic mass is 79.9. The van der Waals surface area contributed by atoms with Gasteiger partial charge < -0.3 is 4.57 Å². The highest BCUT2D eigenvalue weighted by molar-refractivity contribution is 9.10. The van der Waals surface area contributed by atoms with Crippen molar-refractivity contribution in [3.63, 3.8) is 0 Å². The molecule has 0 bridgehead atoms. The Morgan fingerprint density at radius 2 is 2.08 bits per heavy atom. The topological polar surface area (TPSA) is 4.93 Å². The van der Waals surface area contributed by atoms with Gasteiger partial charge >= 0.3 is 0 Å². The maximum absolute atomic E-state index is 6.18. The van der Waals surface area contributed by atoms with Gasteiger partial charge in [0.25, 0.3) is 0 Å². The van der Waals surface area contributed by atoms with Crippen molar-refractivity contribution in [3.05, 3.63) is 33.4 Å². The van der Waals surface area contributed by atoms with Crippen LogP contribution in [0, 0.1) is 6.92 Å². The van der Waals surface area contributed by atoms with Crippen molar-refractivity contribution in [2.45, 2.75) is 6.92 Å². The van der Waals surface area contributed by atoms with E-state index in [9.17, 15) is 0 Å². The van der Waals surface area contributed by atoms with Crippen molar-refractivity contribution in [2.24, 2.45) is 7.05 Å². The van der Waals surface area contributed by atoms with Crippen molar-refractivity contribution in [2.75, 3.05) is 0 Å². The minimum Gasteiger partial charge on any atom is -0.346 e. The van der Waals surface area contributed by atoms with Gasteiger partial charge in [-0.1, -0.05) is 27.5 Å². The molecule has 0 radical (unpaired) electrons. The highest BCUT2D eigenvalue weighted by Gasteiger charge is 2.09. The van der Waals surface area contributed by atoms with Crippen LogP contribution < -0.4 is 0 Å². The van der Waals surface area contributed by atoms with Crippen molar-refractivity contribution in [1.29, 1.82) is 0 Å². The number of halogens is 2. The van der Waals surface area contributed by atoms with Crippen LogP contribution in [0.15, 0.2) is 22.7 Å². The van der Waals surface area contributed by atoms with Crippen molar-refractivity contribution in [3.8, 4) is 0 Å². The van der Waals surface area contributed by atoms with Gasteiger partial charge in [0.15, 0.2) is 0 Å². The Kier molecular flexibility index (Phi) is 2.12. The first-order chi connectivity index (χ1) is 6.11. The average Bonchev–Trinajstić information content (AvgIpc) is 2.32. The number of aryl methyl sites for hydroxylation is 1. The third kappa shape index (κ3) is 1.29. The highest BCUT2D eigenvalue weighted by Crippen LogP contribution is 2.31. The Morgan fingerprint density at radius 1 is 1.38 bits per heavy atom. The molecule has 0 aliphatic heterocycles. The van der Waals surface area contributed by atoms with Crippen molar-refractivity contribution in [1.82, 2.24) is 4.57 Å². The lowest BCUT2D eigenvalue weighted by Gasteiger charge is -1.97. The summed E-state index contributed by atoms with van der Waals surface area (Å²) in [5.41, 5.74) is 2.28. The summed E-state index contributed by atoms with van der Waals surface area (Å²) in [7, 11) is 2.03. The molecule has 68 valence electrons. The van der Waals surface area contributed by atoms with Crippen LogP contribution in [-0.2, 0) is 7.05 Å². The summed E-state index contributed by atoms with van der Waals surface area (Å²) in [5, 5.41) is 1.95. The Morgan fingerprint density at radius 3 is 2.77 bits per heavy atom. The Labute approximate surface area is 90.4 Å². The summed E-state index contributed by atoms with van der Waals surface area (Å²) < 4.78 is 3.16. The molecule has 1 nitrogen and oxygen atoms in total. The van der Waals surface area contributed by atoms with Crippen LogP contribution in [0.1, 0.15) is 5.69 Å². The van der Waals surface area contributed by atoms with Crippen LogP contribution in [-0.4, -0.2) is 4.57 Å². The van der Waals surface area contributed by atoms with Crippen LogP contribution in [0.5, 0.6) is 0 Å². The SMILES string of the molecule is Cc1c(Cl)c2cc(Br)ccc2n1C. The summed E-state index contributed by atoms with van der Waals surface area (Å²) in [5.74, 6) is 0. The first kappa shape index (κ1) is 9.10. The molecule has 0 fully saturated rings. The quantitative estimate of drug-likeness (QED) is 0.675. The van der Waals surface area contributed by atoms with E-state index < -0.39 is 0 Å². The second-order valence-electron chi connectivity index (χ2n) is 3.12. The molecule has 0 spiro atoms. The zero-order valence-electron chi connectivity index (χ0n) is 7.44. The fourth-order valence-electron chi connectivity index (χ4n) is 1.50. The van der Waals surface area contributed by atoms with Gasteiger partial charge in [-0.3, -0.25) is 0 Å². The molecule has 0 amide bonds. The maximum atomic E-state index is 6.18. The van der Waals surface area contributed by atoms with E-state index in [0.29, 0.717) is 0 Å². The zero-order chi connectivity index (χ0) is 9.59. The molecule has 2 aromatic rings. The number of benzene rings is 1. The lowest BCUT2D eigenvalue weighted by Crippen LogP contribution is -1.88. The predicted molar refractivity (Wildman–Crippen MR) is 60.4 cm³/mol. The molecule has 0 aliphatic rings. The number of rotatable bonds is 0. The van der Waals surface area contributed by atoms with E-state index in [2.05, 4.69) is 26.6 Å². The summed E-state index contributed by atoms with van der Waals surface area (Å²) in [6, 6.07) is 6.14. The first-order valence-electron chi connectivity index (χ1n) is 4.01. The Hall–Kier alpha value is -0.470. The molecule has 1 aromatic carbocycles. The largest absolute Gasteiger partial charge is 0.346 e. The number of nitrogens with zero attached hydrogens (tertiary/aromatic N) is 1. The molecule has 1 heterocycles. The molecule has 2 rings (SSSR count). The molecule has 0 N–H and O–H groups in total. The standard InChI is InChI=1S/C10H9BrClN/c1-6-10(12)8-5-7(11)3-4-9(8)13(6)2/h3-5H,1-2H3. The third-order valence-electron chi connectivity index (χ3n) is 2.38. The van der Waals surface area contributed by atoms with E-state index in [1.165, 1.54) is 5.52 Å². The summed E-state index contributed by atoms with van der Waals surface area (Å²) in [6.07, 6.45) is 0. The minimum absolute atomic E-state index is 0.846. The number of fused-ring (bicyclic) bond motifs is 1. The van der Waals surface area contributed by atoms with Gasteiger partial charge in [0, 0.05) is 28.1 Å². The first-order valence-corrected chi connectivity index (χ1v) is 5.18. The van der Waals surface area contributed by atoms with Crippen LogP contribution in [0.25, 0.3) is 10.9 Å². The third-order valence-corrected chi connectivity index (χ3v) is 3.35. The summed E-state index contributed by atoms with van der Waals surface area (Å²) in [4.78, 5) is 0. The monoisotopic (exact) mass is 257 g/mol. The fraction of sp³-hybridized carbons (Fsp3) is 0.200. The molecule has 13 heavy (non-hydrogen) atoms. The van der Waals surface area contributed by atoms with Gasteiger partial charge in [0.05, 0.1) is 5.02 Å². The van der Waals surface area contributed by atoms with Crippen LogP contribution in [0.4, 0.5) is 0 Å². The average molecular weight is 259 g/mol. The number of hydrogen-bond donors (Lipinski definition) is 0. The van der Waals surface area contributed by atoms with Gasteiger partial charge in [0.1, 0.15) is 0 Å². The van der Waals surface area contributed by atoms with E-state index >= 15 is 0 Å². The fourth-order valence-corrected chi connectivity index (χ4v) is 2.14. The molecule has 0 saturated heterocycles. The Balaban J connectivity index is 2.95. The maximum Gasteiger partial charge on any atom is 0.0691 e. The van der Waals surface area contributed by atoms with Crippen LogP contribution >= 0.6 is 27.5 Å². The van der Waals surface area contributed by atoms with Crippen LogP contribution in [0.3, 0.4) is 0 Å². The lowest BCUT2D eigenvalue weighted by atomic mass is 10.2. The molecule has 0 unspecified atom stereocenters. The van der Waals surface area contributed by atoms with E-state index in [4.69, 9.17) is 11.6 Å². The predicted octanol–water partition coefficient (Wildman–Crippen LogP) is 3.90. The summed E-state index contributed by atoms with van der Waals surface area (Å²) >= 11 is 9.61. The second-order valence-corrected chi connectivity index (χ2v) is 4.41. The van der Waals surface area contributed by atoms with E-state index in [0.717, 1.165) is 20.6 Å². The smallest absolute Gasteiger partial charge is 0.0691 e. The van der Waals surface area contributed by atoms with Gasteiger partial charge in [-0.15, -0.1) is 0 Å². The van der Waals surface area contributed by atoms with Gasteiger partial charge in [-0.05, 0) is 25.1 Å². The second kappa shape index (κ2) is 3.03. The van der Waals surface area contributed by atoms with Crippen LogP contribution in [0.2, 0.25) is 5.02 Å². The summed E-state index contributed by atoms with van der Waals surface area (Å²) in [6.45, 7) is 2.02. The van der Waals surface area contributed by atoms with Crippen molar-refractivity contribution < 1.29 is 0 Å². The lowest BCUT2D eigenvalue weighted by molar-refractivity contribution is 0.918. The van der Waals surface area contributed by atoms with Gasteiger partial charge in [-0.25, -0.2) is 0 Å². The minimum atomic E-state index is 0.846. The normalized spacial score (nSPS) is 11.1. The van der Waals surface area contributed by atoms with Gasteiger partial charge in [-0.2, -0.15) is 0 Å².